The van der Waals surface area contributed by atoms with Crippen molar-refractivity contribution >= 4 is 0 Å². The molecule has 0 aliphatic carbocycles. The second-order valence-corrected chi connectivity index (χ2v) is 5.37. The van der Waals surface area contributed by atoms with Gasteiger partial charge in [-0.2, -0.15) is 0 Å². The zero-order chi connectivity index (χ0) is 12.5. The maximum Gasteiger partial charge on any atom is 0.0600 e. The van der Waals surface area contributed by atoms with Crippen LogP contribution in [0.15, 0.2) is 24.3 Å². The largest absolute Gasteiger partial charge is 0.379 e. The average molecular weight is 233 g/mol. The van der Waals surface area contributed by atoms with Crippen molar-refractivity contribution in [3.63, 3.8) is 0 Å². The number of rotatable bonds is 4. The fourth-order valence-corrected chi connectivity index (χ4v) is 2.39. The number of nitrogens with two attached hydrogens (primary N) is 1. The third-order valence-corrected chi connectivity index (χ3v) is 4.26. The molecule has 0 saturated carbocycles. The quantitative estimate of drug-likeness (QED) is 0.868. The van der Waals surface area contributed by atoms with Crippen molar-refractivity contribution in [1.82, 2.24) is 0 Å². The summed E-state index contributed by atoms with van der Waals surface area (Å²) >= 11 is 0. The molecular weight excluding hydrogens is 210 g/mol. The molecule has 0 radical (unpaired) electrons. The minimum absolute atomic E-state index is 0.0496. The van der Waals surface area contributed by atoms with Crippen LogP contribution < -0.4 is 5.73 Å². The summed E-state index contributed by atoms with van der Waals surface area (Å²) in [6.45, 7) is 8.08. The predicted octanol–water partition coefficient (Wildman–Crippen LogP) is 2.82. The maximum absolute atomic E-state index is 6.11. The number of hydrogen-bond acceptors (Lipinski definition) is 2. The van der Waals surface area contributed by atoms with Crippen molar-refractivity contribution in [3.8, 4) is 0 Å². The monoisotopic (exact) mass is 233 g/mol. The Balaban J connectivity index is 2.23. The van der Waals surface area contributed by atoms with Crippen molar-refractivity contribution in [2.45, 2.75) is 44.6 Å². The van der Waals surface area contributed by atoms with Gasteiger partial charge in [0.15, 0.2) is 0 Å². The molecule has 1 aromatic rings. The summed E-state index contributed by atoms with van der Waals surface area (Å²) in [7, 11) is 0. The first-order valence-corrected chi connectivity index (χ1v) is 6.54. The van der Waals surface area contributed by atoms with Crippen molar-refractivity contribution in [1.29, 1.82) is 0 Å². The van der Waals surface area contributed by atoms with Crippen LogP contribution in [0.1, 0.15) is 44.2 Å². The van der Waals surface area contributed by atoms with E-state index in [1.54, 1.807) is 0 Å². The van der Waals surface area contributed by atoms with Gasteiger partial charge in [0, 0.05) is 6.04 Å². The second-order valence-electron chi connectivity index (χ2n) is 5.37. The highest BCUT2D eigenvalue weighted by atomic mass is 16.5. The first-order valence-electron chi connectivity index (χ1n) is 6.54. The molecule has 2 N–H and O–H groups in total. The highest BCUT2D eigenvalue weighted by Crippen LogP contribution is 2.35. The highest BCUT2D eigenvalue weighted by Gasteiger charge is 2.43. The van der Waals surface area contributed by atoms with E-state index in [-0.39, 0.29) is 11.5 Å². The molecule has 2 unspecified atom stereocenters. The first kappa shape index (κ1) is 12.6. The lowest BCUT2D eigenvalue weighted by atomic mass is 9.73. The molecule has 0 aromatic heterocycles. The Morgan fingerprint density at radius 2 is 1.82 bits per heavy atom. The third-order valence-electron chi connectivity index (χ3n) is 4.26. The molecule has 1 aliphatic heterocycles. The summed E-state index contributed by atoms with van der Waals surface area (Å²) in [5.74, 6) is 0.632. The van der Waals surface area contributed by atoms with Gasteiger partial charge < -0.3 is 10.5 Å². The predicted molar refractivity (Wildman–Crippen MR) is 71.3 cm³/mol. The lowest BCUT2D eigenvalue weighted by Gasteiger charge is -2.45. The van der Waals surface area contributed by atoms with Crippen LogP contribution in [-0.4, -0.2) is 19.3 Å². The molecule has 1 fully saturated rings. The Labute approximate surface area is 104 Å². The summed E-state index contributed by atoms with van der Waals surface area (Å²) in [5.41, 5.74) is 8.90. The zero-order valence-corrected chi connectivity index (χ0v) is 11.1. The van der Waals surface area contributed by atoms with Crippen molar-refractivity contribution in [3.05, 3.63) is 35.4 Å². The molecule has 0 bridgehead atoms. The summed E-state index contributed by atoms with van der Waals surface area (Å²) in [4.78, 5) is 0. The number of benzene rings is 1. The molecule has 0 spiro atoms. The van der Waals surface area contributed by atoms with Gasteiger partial charge in [-0.05, 0) is 30.4 Å². The molecule has 2 rings (SSSR count). The zero-order valence-electron chi connectivity index (χ0n) is 11.1. The normalized spacial score (nSPS) is 21.6. The van der Waals surface area contributed by atoms with Crippen molar-refractivity contribution in [2.75, 3.05) is 13.2 Å². The number of hydrogen-bond donors (Lipinski definition) is 1. The van der Waals surface area contributed by atoms with E-state index in [2.05, 4.69) is 45.0 Å². The Bertz CT molecular complexity index is 365. The molecule has 1 aromatic carbocycles. The fraction of sp³-hybridized carbons (Fsp3) is 0.600. The van der Waals surface area contributed by atoms with Crippen LogP contribution in [0.25, 0.3) is 0 Å². The molecule has 1 aliphatic rings. The van der Waals surface area contributed by atoms with Crippen molar-refractivity contribution in [2.24, 2.45) is 5.73 Å². The molecule has 94 valence electrons. The van der Waals surface area contributed by atoms with Crippen LogP contribution in [-0.2, 0) is 10.2 Å². The lowest BCUT2D eigenvalue weighted by molar-refractivity contribution is -0.0701. The summed E-state index contributed by atoms with van der Waals surface area (Å²) in [6, 6.07) is 9.09. The van der Waals surface area contributed by atoms with Crippen LogP contribution in [0.3, 0.4) is 0 Å². The van der Waals surface area contributed by atoms with Gasteiger partial charge in [-0.3, -0.25) is 0 Å². The van der Waals surface area contributed by atoms with E-state index >= 15 is 0 Å². The Morgan fingerprint density at radius 3 is 2.18 bits per heavy atom. The molecule has 2 atom stereocenters. The Kier molecular flexibility index (Phi) is 3.55. The smallest absolute Gasteiger partial charge is 0.0600 e. The highest BCUT2D eigenvalue weighted by molar-refractivity contribution is 5.34. The van der Waals surface area contributed by atoms with Crippen LogP contribution in [0.2, 0.25) is 0 Å². The molecule has 2 heteroatoms. The van der Waals surface area contributed by atoms with Gasteiger partial charge >= 0.3 is 0 Å². The van der Waals surface area contributed by atoms with Gasteiger partial charge in [-0.15, -0.1) is 0 Å². The molecule has 0 amide bonds. The standard InChI is InChI=1S/C15H23NO/c1-4-11(2)13-5-7-14(8-6-13)15(12(3)16)9-17-10-15/h5-8,11-12H,4,9-10,16H2,1-3H3. The van der Waals surface area contributed by atoms with Crippen LogP contribution in [0.5, 0.6) is 0 Å². The second kappa shape index (κ2) is 4.79. The first-order chi connectivity index (χ1) is 8.10. The van der Waals surface area contributed by atoms with Gasteiger partial charge in [0.25, 0.3) is 0 Å². The molecule has 17 heavy (non-hydrogen) atoms. The van der Waals surface area contributed by atoms with Crippen LogP contribution in [0, 0.1) is 0 Å². The third kappa shape index (κ3) is 2.12. The van der Waals surface area contributed by atoms with Gasteiger partial charge in [-0.1, -0.05) is 38.1 Å². The van der Waals surface area contributed by atoms with E-state index < -0.39 is 0 Å². The molecule has 1 heterocycles. The lowest BCUT2D eigenvalue weighted by Crippen LogP contribution is -2.57. The Hall–Kier alpha value is -0.860. The summed E-state index contributed by atoms with van der Waals surface area (Å²) in [6.07, 6.45) is 1.18. The number of ether oxygens (including phenoxy) is 1. The van der Waals surface area contributed by atoms with Crippen LogP contribution >= 0.6 is 0 Å². The SMILES string of the molecule is CCC(C)c1ccc(C2(C(C)N)COC2)cc1. The minimum Gasteiger partial charge on any atom is -0.379 e. The van der Waals surface area contributed by atoms with Gasteiger partial charge in [-0.25, -0.2) is 0 Å². The fourth-order valence-electron chi connectivity index (χ4n) is 2.39. The van der Waals surface area contributed by atoms with E-state index in [4.69, 9.17) is 10.5 Å². The van der Waals surface area contributed by atoms with Gasteiger partial charge in [0.05, 0.1) is 18.6 Å². The molecule has 1 saturated heterocycles. The van der Waals surface area contributed by atoms with E-state index in [1.807, 2.05) is 0 Å². The summed E-state index contributed by atoms with van der Waals surface area (Å²) < 4.78 is 5.37. The molecular formula is C15H23NO. The van der Waals surface area contributed by atoms with Gasteiger partial charge in [0.2, 0.25) is 0 Å². The maximum atomic E-state index is 6.11. The van der Waals surface area contributed by atoms with E-state index in [0.29, 0.717) is 5.92 Å². The Morgan fingerprint density at radius 1 is 1.24 bits per heavy atom. The van der Waals surface area contributed by atoms with E-state index in [9.17, 15) is 0 Å². The summed E-state index contributed by atoms with van der Waals surface area (Å²) in [5, 5.41) is 0. The molecule has 2 nitrogen and oxygen atoms in total. The van der Waals surface area contributed by atoms with E-state index in [0.717, 1.165) is 13.2 Å². The van der Waals surface area contributed by atoms with Crippen molar-refractivity contribution < 1.29 is 4.74 Å². The topological polar surface area (TPSA) is 35.2 Å². The average Bonchev–Trinajstić information content (AvgIpc) is 2.27. The van der Waals surface area contributed by atoms with E-state index in [1.165, 1.54) is 17.5 Å². The van der Waals surface area contributed by atoms with Crippen LogP contribution in [0.4, 0.5) is 0 Å². The minimum atomic E-state index is 0.0496. The van der Waals surface area contributed by atoms with Gasteiger partial charge in [0.1, 0.15) is 0 Å².